The van der Waals surface area contributed by atoms with Crippen LogP contribution in [0.3, 0.4) is 0 Å². The standard InChI is InChI=1S/C10H10F2N4/c1-5-14-9(13)10(15-5)16-8-3-6(11)2-7(12)4-8/h2-4,16H,13H2,1H3,(H,14,15). The largest absolute Gasteiger partial charge is 0.382 e. The molecule has 1 heterocycles. The van der Waals surface area contributed by atoms with Crippen LogP contribution in [0.5, 0.6) is 0 Å². The predicted molar refractivity (Wildman–Crippen MR) is 57.4 cm³/mol. The lowest BCUT2D eigenvalue weighted by Crippen LogP contribution is -1.96. The topological polar surface area (TPSA) is 66.7 Å². The van der Waals surface area contributed by atoms with Crippen molar-refractivity contribution in [3.63, 3.8) is 0 Å². The summed E-state index contributed by atoms with van der Waals surface area (Å²) in [6.07, 6.45) is 0. The molecule has 0 aliphatic carbocycles. The summed E-state index contributed by atoms with van der Waals surface area (Å²) < 4.78 is 25.8. The van der Waals surface area contributed by atoms with Crippen LogP contribution in [0.15, 0.2) is 18.2 Å². The summed E-state index contributed by atoms with van der Waals surface area (Å²) in [5, 5.41) is 2.73. The SMILES string of the molecule is Cc1nc(Nc2cc(F)cc(F)c2)c(N)[nH]1. The number of aromatic nitrogens is 2. The van der Waals surface area contributed by atoms with Crippen LogP contribution in [0.1, 0.15) is 5.82 Å². The average molecular weight is 224 g/mol. The number of hydrogen-bond acceptors (Lipinski definition) is 3. The molecular weight excluding hydrogens is 214 g/mol. The van der Waals surface area contributed by atoms with E-state index in [4.69, 9.17) is 5.73 Å². The first-order valence-electron chi connectivity index (χ1n) is 4.60. The zero-order valence-corrected chi connectivity index (χ0v) is 8.51. The highest BCUT2D eigenvalue weighted by Crippen LogP contribution is 2.21. The van der Waals surface area contributed by atoms with Gasteiger partial charge in [0.1, 0.15) is 23.3 Å². The molecule has 84 valence electrons. The molecule has 6 heteroatoms. The first-order chi connectivity index (χ1) is 7.54. The fourth-order valence-corrected chi connectivity index (χ4v) is 1.37. The lowest BCUT2D eigenvalue weighted by molar-refractivity contribution is 0.584. The summed E-state index contributed by atoms with van der Waals surface area (Å²) in [7, 11) is 0. The van der Waals surface area contributed by atoms with Crippen LogP contribution in [0.2, 0.25) is 0 Å². The van der Waals surface area contributed by atoms with Crippen LogP contribution in [-0.2, 0) is 0 Å². The van der Waals surface area contributed by atoms with E-state index >= 15 is 0 Å². The number of H-pyrrole nitrogens is 1. The highest BCUT2D eigenvalue weighted by atomic mass is 19.1. The Balaban J connectivity index is 2.30. The fourth-order valence-electron chi connectivity index (χ4n) is 1.37. The number of nitrogens with zero attached hydrogens (tertiary/aromatic N) is 1. The fraction of sp³-hybridized carbons (Fsp3) is 0.100. The van der Waals surface area contributed by atoms with E-state index in [9.17, 15) is 8.78 Å². The normalized spacial score (nSPS) is 10.4. The number of benzene rings is 1. The van der Waals surface area contributed by atoms with E-state index in [1.165, 1.54) is 0 Å². The van der Waals surface area contributed by atoms with Crippen molar-refractivity contribution in [2.75, 3.05) is 11.1 Å². The van der Waals surface area contributed by atoms with Crippen molar-refractivity contribution < 1.29 is 8.78 Å². The molecule has 4 nitrogen and oxygen atoms in total. The monoisotopic (exact) mass is 224 g/mol. The van der Waals surface area contributed by atoms with Gasteiger partial charge < -0.3 is 16.0 Å². The first-order valence-corrected chi connectivity index (χ1v) is 4.60. The van der Waals surface area contributed by atoms with Crippen LogP contribution in [-0.4, -0.2) is 9.97 Å². The Hall–Kier alpha value is -2.11. The number of nitrogen functional groups attached to an aromatic ring is 1. The minimum absolute atomic E-state index is 0.260. The van der Waals surface area contributed by atoms with Crippen LogP contribution in [0, 0.1) is 18.6 Å². The van der Waals surface area contributed by atoms with E-state index in [1.807, 2.05) is 0 Å². The Morgan fingerprint density at radius 2 is 1.88 bits per heavy atom. The maximum atomic E-state index is 12.9. The number of hydrogen-bond donors (Lipinski definition) is 3. The Labute approximate surface area is 90.5 Å². The zero-order chi connectivity index (χ0) is 11.7. The molecule has 2 aromatic rings. The third kappa shape index (κ3) is 2.10. The van der Waals surface area contributed by atoms with E-state index in [2.05, 4.69) is 15.3 Å². The highest BCUT2D eigenvalue weighted by Gasteiger charge is 2.06. The van der Waals surface area contributed by atoms with Gasteiger partial charge in [0.05, 0.1) is 0 Å². The van der Waals surface area contributed by atoms with Crippen molar-refractivity contribution in [2.24, 2.45) is 0 Å². The van der Waals surface area contributed by atoms with E-state index in [-0.39, 0.29) is 5.69 Å². The number of imidazole rings is 1. The van der Waals surface area contributed by atoms with Gasteiger partial charge in [0.25, 0.3) is 0 Å². The summed E-state index contributed by atoms with van der Waals surface area (Å²) >= 11 is 0. The van der Waals surface area contributed by atoms with Gasteiger partial charge >= 0.3 is 0 Å². The number of aromatic amines is 1. The number of halogens is 2. The summed E-state index contributed by atoms with van der Waals surface area (Å²) in [4.78, 5) is 6.80. The molecule has 0 saturated carbocycles. The van der Waals surface area contributed by atoms with E-state index in [0.29, 0.717) is 17.5 Å². The molecule has 0 saturated heterocycles. The van der Waals surface area contributed by atoms with Gasteiger partial charge in [0.15, 0.2) is 5.82 Å². The lowest BCUT2D eigenvalue weighted by atomic mass is 10.3. The Morgan fingerprint density at radius 1 is 1.25 bits per heavy atom. The van der Waals surface area contributed by atoms with Crippen molar-refractivity contribution in [3.8, 4) is 0 Å². The quantitative estimate of drug-likeness (QED) is 0.733. The number of nitrogens with two attached hydrogens (primary N) is 1. The third-order valence-corrected chi connectivity index (χ3v) is 1.98. The molecule has 0 fully saturated rings. The number of rotatable bonds is 2. The lowest BCUT2D eigenvalue weighted by Gasteiger charge is -2.04. The van der Waals surface area contributed by atoms with Gasteiger partial charge in [0.2, 0.25) is 0 Å². The Morgan fingerprint density at radius 3 is 2.38 bits per heavy atom. The Kier molecular flexibility index (Phi) is 2.47. The van der Waals surface area contributed by atoms with Gasteiger partial charge in [-0.3, -0.25) is 0 Å². The van der Waals surface area contributed by atoms with Gasteiger partial charge in [-0.15, -0.1) is 0 Å². The molecule has 4 N–H and O–H groups in total. The van der Waals surface area contributed by atoms with Crippen LogP contribution in [0.4, 0.5) is 26.1 Å². The zero-order valence-electron chi connectivity index (χ0n) is 8.51. The number of anilines is 3. The first kappa shape index (κ1) is 10.4. The molecule has 0 atom stereocenters. The van der Waals surface area contributed by atoms with E-state index in [0.717, 1.165) is 18.2 Å². The smallest absolute Gasteiger partial charge is 0.173 e. The summed E-state index contributed by atoms with van der Waals surface area (Å²) in [5.74, 6) is -0.0248. The maximum Gasteiger partial charge on any atom is 0.173 e. The molecule has 0 aliphatic rings. The molecule has 1 aromatic carbocycles. The van der Waals surface area contributed by atoms with Gasteiger partial charge in [-0.25, -0.2) is 13.8 Å². The Bertz CT molecular complexity index is 501. The molecule has 0 bridgehead atoms. The van der Waals surface area contributed by atoms with Crippen molar-refractivity contribution in [1.29, 1.82) is 0 Å². The minimum Gasteiger partial charge on any atom is -0.382 e. The van der Waals surface area contributed by atoms with Gasteiger partial charge in [-0.05, 0) is 19.1 Å². The summed E-state index contributed by atoms with van der Waals surface area (Å²) in [6.45, 7) is 1.73. The summed E-state index contributed by atoms with van der Waals surface area (Å²) in [5.41, 5.74) is 5.86. The van der Waals surface area contributed by atoms with Crippen molar-refractivity contribution >= 4 is 17.3 Å². The highest BCUT2D eigenvalue weighted by molar-refractivity contribution is 5.66. The number of aryl methyl sites for hydroxylation is 1. The second-order valence-corrected chi connectivity index (χ2v) is 3.37. The molecule has 0 spiro atoms. The second kappa shape index (κ2) is 3.80. The molecule has 0 amide bonds. The summed E-state index contributed by atoms with van der Waals surface area (Å²) in [6, 6.07) is 3.11. The molecular formula is C10H10F2N4. The van der Waals surface area contributed by atoms with E-state index < -0.39 is 11.6 Å². The van der Waals surface area contributed by atoms with Crippen LogP contribution >= 0.6 is 0 Å². The van der Waals surface area contributed by atoms with Crippen molar-refractivity contribution in [3.05, 3.63) is 35.7 Å². The molecule has 16 heavy (non-hydrogen) atoms. The van der Waals surface area contributed by atoms with Crippen molar-refractivity contribution in [1.82, 2.24) is 9.97 Å². The molecule has 2 rings (SSSR count). The van der Waals surface area contributed by atoms with Crippen LogP contribution in [0.25, 0.3) is 0 Å². The van der Waals surface area contributed by atoms with Gasteiger partial charge in [0, 0.05) is 11.8 Å². The molecule has 1 aromatic heterocycles. The minimum atomic E-state index is -0.659. The number of nitrogens with one attached hydrogen (secondary N) is 2. The predicted octanol–water partition coefficient (Wildman–Crippen LogP) is 2.32. The molecule has 0 aliphatic heterocycles. The third-order valence-electron chi connectivity index (χ3n) is 1.98. The van der Waals surface area contributed by atoms with Crippen LogP contribution < -0.4 is 11.1 Å². The second-order valence-electron chi connectivity index (χ2n) is 3.37. The molecule has 0 unspecified atom stereocenters. The van der Waals surface area contributed by atoms with Gasteiger partial charge in [-0.1, -0.05) is 0 Å². The average Bonchev–Trinajstić information content (AvgIpc) is 2.43. The van der Waals surface area contributed by atoms with Crippen molar-refractivity contribution in [2.45, 2.75) is 6.92 Å². The van der Waals surface area contributed by atoms with Gasteiger partial charge in [-0.2, -0.15) is 0 Å². The maximum absolute atomic E-state index is 12.9. The molecule has 0 radical (unpaired) electrons. The van der Waals surface area contributed by atoms with E-state index in [1.54, 1.807) is 6.92 Å².